The Hall–Kier alpha value is -1.64. The quantitative estimate of drug-likeness (QED) is 0.561. The van der Waals surface area contributed by atoms with Gasteiger partial charge in [-0.15, -0.1) is 0 Å². The zero-order valence-corrected chi connectivity index (χ0v) is 8.57. The molecule has 0 spiro atoms. The van der Waals surface area contributed by atoms with Gasteiger partial charge in [0.1, 0.15) is 6.67 Å². The molecule has 0 aliphatic carbocycles. The number of carbonyl (C=O) groups is 1. The molecule has 1 rings (SSSR count). The number of esters is 1. The van der Waals surface area contributed by atoms with E-state index in [0.29, 0.717) is 17.7 Å². The average Bonchev–Trinajstić information content (AvgIpc) is 2.27. The third-order valence-corrected chi connectivity index (χ3v) is 1.87. The highest BCUT2D eigenvalue weighted by Gasteiger charge is 2.04. The number of ether oxygens (including phenoxy) is 1. The Bertz CT molecular complexity index is 344. The van der Waals surface area contributed by atoms with Crippen molar-refractivity contribution in [1.29, 1.82) is 0 Å². The van der Waals surface area contributed by atoms with E-state index in [1.807, 2.05) is 6.07 Å². The van der Waals surface area contributed by atoms with Gasteiger partial charge in [-0.05, 0) is 18.1 Å². The summed E-state index contributed by atoms with van der Waals surface area (Å²) in [6, 6.07) is 8.94. The van der Waals surface area contributed by atoms with Crippen LogP contribution in [0.2, 0.25) is 0 Å². The molecular weight excluding hydrogens is 195 g/mol. The largest absolute Gasteiger partial charge is 0.463 e. The molecule has 0 amide bonds. The summed E-state index contributed by atoms with van der Waals surface area (Å²) in [7, 11) is 0. The topological polar surface area (TPSA) is 26.3 Å². The third-order valence-electron chi connectivity index (χ3n) is 1.87. The number of carbonyl (C=O) groups excluding carboxylic acids is 1. The van der Waals surface area contributed by atoms with Crippen LogP contribution in [-0.2, 0) is 9.53 Å². The van der Waals surface area contributed by atoms with Gasteiger partial charge in [-0.25, -0.2) is 9.18 Å². The normalized spacial score (nSPS) is 11.2. The summed E-state index contributed by atoms with van der Waals surface area (Å²) in [5.41, 5.74) is 1.04. The Morgan fingerprint density at radius 1 is 1.40 bits per heavy atom. The molecule has 0 heterocycles. The molecule has 0 saturated heterocycles. The van der Waals surface area contributed by atoms with Gasteiger partial charge >= 0.3 is 5.97 Å². The third kappa shape index (κ3) is 3.54. The van der Waals surface area contributed by atoms with Gasteiger partial charge in [0, 0.05) is 6.08 Å². The lowest BCUT2D eigenvalue weighted by Crippen LogP contribution is -2.01. The summed E-state index contributed by atoms with van der Waals surface area (Å²) in [5, 5.41) is 0. The van der Waals surface area contributed by atoms with Crippen LogP contribution in [0.25, 0.3) is 5.57 Å². The van der Waals surface area contributed by atoms with Crippen molar-refractivity contribution in [2.24, 2.45) is 0 Å². The van der Waals surface area contributed by atoms with Crippen LogP contribution in [0.5, 0.6) is 0 Å². The molecular formula is C12H13FO2. The summed E-state index contributed by atoms with van der Waals surface area (Å²) in [5.74, 6) is -0.506. The predicted octanol–water partition coefficient (Wildman–Crippen LogP) is 2.60. The highest BCUT2D eigenvalue weighted by atomic mass is 19.1. The SMILES string of the molecule is CCOC(=O)/C=C(\CF)c1ccccc1. The molecule has 0 unspecified atom stereocenters. The first kappa shape index (κ1) is 11.4. The van der Waals surface area contributed by atoms with Gasteiger partial charge in [0.05, 0.1) is 6.61 Å². The minimum atomic E-state index is -0.678. The van der Waals surface area contributed by atoms with Crippen LogP contribution in [0.15, 0.2) is 36.4 Å². The molecule has 2 nitrogen and oxygen atoms in total. The van der Waals surface area contributed by atoms with E-state index >= 15 is 0 Å². The van der Waals surface area contributed by atoms with Crippen molar-refractivity contribution in [3.63, 3.8) is 0 Å². The first-order chi connectivity index (χ1) is 7.27. The van der Waals surface area contributed by atoms with Gasteiger partial charge in [0.25, 0.3) is 0 Å². The molecule has 0 bridgehead atoms. The Morgan fingerprint density at radius 2 is 2.07 bits per heavy atom. The highest BCUT2D eigenvalue weighted by molar-refractivity contribution is 5.91. The van der Waals surface area contributed by atoms with Crippen molar-refractivity contribution in [3.8, 4) is 0 Å². The molecule has 0 radical (unpaired) electrons. The van der Waals surface area contributed by atoms with Crippen molar-refractivity contribution in [3.05, 3.63) is 42.0 Å². The van der Waals surface area contributed by atoms with Gasteiger partial charge in [0.2, 0.25) is 0 Å². The molecule has 0 aliphatic rings. The maximum Gasteiger partial charge on any atom is 0.331 e. The van der Waals surface area contributed by atoms with Crippen molar-refractivity contribution in [2.75, 3.05) is 13.3 Å². The lowest BCUT2D eigenvalue weighted by molar-refractivity contribution is -0.137. The van der Waals surface area contributed by atoms with Gasteiger partial charge in [-0.1, -0.05) is 30.3 Å². The number of halogens is 1. The fourth-order valence-corrected chi connectivity index (χ4v) is 1.18. The number of hydrogen-bond donors (Lipinski definition) is 0. The predicted molar refractivity (Wildman–Crippen MR) is 57.0 cm³/mol. The summed E-state index contributed by atoms with van der Waals surface area (Å²) >= 11 is 0. The molecule has 15 heavy (non-hydrogen) atoms. The second-order valence-electron chi connectivity index (χ2n) is 2.92. The fraction of sp³-hybridized carbons (Fsp3) is 0.250. The second kappa shape index (κ2) is 5.96. The minimum absolute atomic E-state index is 0.295. The summed E-state index contributed by atoms with van der Waals surface area (Å²) < 4.78 is 17.4. The molecule has 0 atom stereocenters. The zero-order chi connectivity index (χ0) is 11.1. The summed E-state index contributed by atoms with van der Waals surface area (Å²) in [6.45, 7) is 1.33. The molecule has 0 aromatic heterocycles. The van der Waals surface area contributed by atoms with Crippen molar-refractivity contribution in [2.45, 2.75) is 6.92 Å². The Kier molecular flexibility index (Phi) is 4.54. The maximum atomic E-state index is 12.7. The molecule has 80 valence electrons. The number of benzene rings is 1. The smallest absolute Gasteiger partial charge is 0.331 e. The van der Waals surface area contributed by atoms with Crippen LogP contribution < -0.4 is 0 Å². The van der Waals surface area contributed by atoms with E-state index in [4.69, 9.17) is 4.74 Å². The van der Waals surface area contributed by atoms with Crippen molar-refractivity contribution in [1.82, 2.24) is 0 Å². The lowest BCUT2D eigenvalue weighted by Gasteiger charge is -2.02. The van der Waals surface area contributed by atoms with E-state index in [1.165, 1.54) is 6.08 Å². The Balaban J connectivity index is 2.84. The second-order valence-corrected chi connectivity index (χ2v) is 2.92. The van der Waals surface area contributed by atoms with E-state index < -0.39 is 12.6 Å². The van der Waals surface area contributed by atoms with Crippen molar-refractivity contribution < 1.29 is 13.9 Å². The van der Waals surface area contributed by atoms with E-state index in [1.54, 1.807) is 31.2 Å². The van der Waals surface area contributed by atoms with Crippen LogP contribution in [-0.4, -0.2) is 19.3 Å². The molecule has 0 fully saturated rings. The Labute approximate surface area is 88.4 Å². The summed E-state index contributed by atoms with van der Waals surface area (Å²) in [4.78, 5) is 11.1. The van der Waals surface area contributed by atoms with E-state index in [-0.39, 0.29) is 0 Å². The van der Waals surface area contributed by atoms with Gasteiger partial charge in [-0.3, -0.25) is 0 Å². The number of alkyl halides is 1. The van der Waals surface area contributed by atoms with Crippen LogP contribution in [0, 0.1) is 0 Å². The number of rotatable bonds is 4. The van der Waals surface area contributed by atoms with E-state index in [2.05, 4.69) is 0 Å². The van der Waals surface area contributed by atoms with E-state index in [0.717, 1.165) is 0 Å². The van der Waals surface area contributed by atoms with Crippen LogP contribution >= 0.6 is 0 Å². The average molecular weight is 208 g/mol. The summed E-state index contributed by atoms with van der Waals surface area (Å²) in [6.07, 6.45) is 1.19. The van der Waals surface area contributed by atoms with Crippen LogP contribution in [0.1, 0.15) is 12.5 Å². The molecule has 0 N–H and O–H groups in total. The number of hydrogen-bond acceptors (Lipinski definition) is 2. The van der Waals surface area contributed by atoms with Crippen LogP contribution in [0.3, 0.4) is 0 Å². The molecule has 3 heteroatoms. The van der Waals surface area contributed by atoms with Crippen LogP contribution in [0.4, 0.5) is 4.39 Å². The first-order valence-corrected chi connectivity index (χ1v) is 4.76. The van der Waals surface area contributed by atoms with Gasteiger partial charge in [0.15, 0.2) is 0 Å². The Morgan fingerprint density at radius 3 is 2.60 bits per heavy atom. The molecule has 0 aliphatic heterocycles. The first-order valence-electron chi connectivity index (χ1n) is 4.76. The zero-order valence-electron chi connectivity index (χ0n) is 8.57. The maximum absolute atomic E-state index is 12.7. The lowest BCUT2D eigenvalue weighted by atomic mass is 10.1. The minimum Gasteiger partial charge on any atom is -0.463 e. The standard InChI is InChI=1S/C12H13FO2/c1-2-15-12(14)8-11(9-13)10-6-4-3-5-7-10/h3-8H,2,9H2,1H3/b11-8+. The number of allylic oxidation sites excluding steroid dienone is 1. The fourth-order valence-electron chi connectivity index (χ4n) is 1.18. The monoisotopic (exact) mass is 208 g/mol. The molecule has 1 aromatic carbocycles. The van der Waals surface area contributed by atoms with Gasteiger partial charge < -0.3 is 4.74 Å². The van der Waals surface area contributed by atoms with Crippen molar-refractivity contribution >= 4 is 11.5 Å². The molecule has 1 aromatic rings. The van der Waals surface area contributed by atoms with Gasteiger partial charge in [-0.2, -0.15) is 0 Å². The van der Waals surface area contributed by atoms with E-state index in [9.17, 15) is 9.18 Å². The molecule has 0 saturated carbocycles. The highest BCUT2D eigenvalue weighted by Crippen LogP contribution is 2.14.